The molecule has 0 heterocycles. The molecule has 1 aromatic carbocycles. The van der Waals surface area contributed by atoms with Crippen LogP contribution >= 0.6 is 0 Å². The van der Waals surface area contributed by atoms with Crippen LogP contribution < -0.4 is 5.32 Å². The van der Waals surface area contributed by atoms with E-state index in [0.29, 0.717) is 18.0 Å². The summed E-state index contributed by atoms with van der Waals surface area (Å²) >= 11 is 0. The molecule has 2 heteroatoms. The van der Waals surface area contributed by atoms with Crippen molar-refractivity contribution in [1.82, 2.24) is 5.32 Å². The van der Waals surface area contributed by atoms with Crippen molar-refractivity contribution in [3.63, 3.8) is 0 Å². The van der Waals surface area contributed by atoms with Gasteiger partial charge in [-0.05, 0) is 54.7 Å². The lowest BCUT2D eigenvalue weighted by Crippen LogP contribution is -2.40. The number of hydrogen-bond acceptors (Lipinski definition) is 1. The number of benzene rings is 1. The van der Waals surface area contributed by atoms with E-state index in [0.717, 1.165) is 11.8 Å². The highest BCUT2D eigenvalue weighted by Gasteiger charge is 2.27. The van der Waals surface area contributed by atoms with Gasteiger partial charge in [-0.2, -0.15) is 0 Å². The van der Waals surface area contributed by atoms with Crippen LogP contribution in [0.1, 0.15) is 58.6 Å². The Morgan fingerprint density at radius 2 is 1.55 bits per heavy atom. The lowest BCUT2D eigenvalue weighted by atomic mass is 9.79. The van der Waals surface area contributed by atoms with Gasteiger partial charge in [0.05, 0.1) is 0 Å². The molecule has 0 spiro atoms. The third-order valence-corrected chi connectivity index (χ3v) is 4.49. The summed E-state index contributed by atoms with van der Waals surface area (Å²) in [4.78, 5) is 0. The molecule has 1 aliphatic rings. The predicted molar refractivity (Wildman–Crippen MR) is 83.1 cm³/mol. The van der Waals surface area contributed by atoms with Crippen LogP contribution in [-0.2, 0) is 0 Å². The highest BCUT2D eigenvalue weighted by Crippen LogP contribution is 2.31. The Bertz CT molecular complexity index is 402. The minimum Gasteiger partial charge on any atom is -0.307 e. The van der Waals surface area contributed by atoms with Crippen LogP contribution in [0.3, 0.4) is 0 Å². The van der Waals surface area contributed by atoms with Gasteiger partial charge in [0.1, 0.15) is 5.82 Å². The third-order valence-electron chi connectivity index (χ3n) is 4.49. The van der Waals surface area contributed by atoms with Gasteiger partial charge in [0.25, 0.3) is 0 Å². The van der Waals surface area contributed by atoms with E-state index in [2.05, 4.69) is 33.0 Å². The summed E-state index contributed by atoms with van der Waals surface area (Å²) in [5, 5.41) is 3.83. The number of nitrogens with one attached hydrogen (secondary N) is 1. The van der Waals surface area contributed by atoms with E-state index in [4.69, 9.17) is 0 Å². The Kier molecular flexibility index (Phi) is 5.20. The van der Waals surface area contributed by atoms with Crippen LogP contribution in [0.25, 0.3) is 0 Å². The second-order valence-electron chi connectivity index (χ2n) is 7.05. The molecule has 1 nitrogen and oxygen atoms in total. The molecule has 0 amide bonds. The fourth-order valence-corrected chi connectivity index (χ4v) is 3.68. The molecule has 3 unspecified atom stereocenters. The van der Waals surface area contributed by atoms with Gasteiger partial charge in [0.2, 0.25) is 0 Å². The number of hydrogen-bond donors (Lipinski definition) is 1. The SMILES string of the molecule is CC1CC(C)CC(NC(c2ccc(F)cc2)C(C)C)C1. The molecule has 1 fully saturated rings. The van der Waals surface area contributed by atoms with E-state index in [1.165, 1.54) is 24.8 Å². The van der Waals surface area contributed by atoms with E-state index in [1.54, 1.807) is 12.1 Å². The van der Waals surface area contributed by atoms with Gasteiger partial charge < -0.3 is 5.32 Å². The fourth-order valence-electron chi connectivity index (χ4n) is 3.68. The summed E-state index contributed by atoms with van der Waals surface area (Å²) in [5.74, 6) is 1.96. The molecular weight excluding hydrogens is 249 g/mol. The van der Waals surface area contributed by atoms with Crippen LogP contribution in [0, 0.1) is 23.6 Å². The van der Waals surface area contributed by atoms with Crippen LogP contribution in [0.15, 0.2) is 24.3 Å². The number of halogens is 1. The molecule has 20 heavy (non-hydrogen) atoms. The van der Waals surface area contributed by atoms with Gasteiger partial charge in [0, 0.05) is 12.1 Å². The van der Waals surface area contributed by atoms with Crippen molar-refractivity contribution in [3.05, 3.63) is 35.6 Å². The van der Waals surface area contributed by atoms with E-state index in [-0.39, 0.29) is 5.82 Å². The smallest absolute Gasteiger partial charge is 0.123 e. The maximum atomic E-state index is 13.1. The zero-order chi connectivity index (χ0) is 14.7. The van der Waals surface area contributed by atoms with Gasteiger partial charge in [-0.15, -0.1) is 0 Å². The first-order valence-electron chi connectivity index (χ1n) is 7.97. The first-order chi connectivity index (χ1) is 9.45. The molecule has 0 saturated heterocycles. The topological polar surface area (TPSA) is 12.0 Å². The average molecular weight is 277 g/mol. The first kappa shape index (κ1) is 15.5. The van der Waals surface area contributed by atoms with Gasteiger partial charge in [-0.1, -0.05) is 39.8 Å². The van der Waals surface area contributed by atoms with Crippen molar-refractivity contribution < 1.29 is 4.39 Å². The molecule has 3 atom stereocenters. The minimum atomic E-state index is -0.156. The molecule has 0 radical (unpaired) electrons. The standard InChI is InChI=1S/C18H28FN/c1-12(2)18(15-5-7-16(19)8-6-15)20-17-10-13(3)9-14(4)11-17/h5-8,12-14,17-18,20H,9-11H2,1-4H3. The predicted octanol–water partition coefficient (Wildman–Crippen LogP) is 4.94. The highest BCUT2D eigenvalue weighted by molar-refractivity contribution is 5.20. The summed E-state index contributed by atoms with van der Waals surface area (Å²) in [6.07, 6.45) is 3.87. The van der Waals surface area contributed by atoms with Crippen molar-refractivity contribution in [2.45, 2.75) is 59.0 Å². The summed E-state index contributed by atoms with van der Waals surface area (Å²) in [6, 6.07) is 7.88. The maximum absolute atomic E-state index is 13.1. The first-order valence-corrected chi connectivity index (χ1v) is 7.97. The number of rotatable bonds is 4. The Hall–Kier alpha value is -0.890. The van der Waals surface area contributed by atoms with Gasteiger partial charge in [0.15, 0.2) is 0 Å². The summed E-state index contributed by atoms with van der Waals surface area (Å²) in [6.45, 7) is 9.17. The van der Waals surface area contributed by atoms with E-state index < -0.39 is 0 Å². The van der Waals surface area contributed by atoms with Crippen LogP contribution in [0.2, 0.25) is 0 Å². The fraction of sp³-hybridized carbons (Fsp3) is 0.667. The molecule has 2 rings (SSSR count). The molecular formula is C18H28FN. The quantitative estimate of drug-likeness (QED) is 0.822. The zero-order valence-electron chi connectivity index (χ0n) is 13.2. The molecule has 0 bridgehead atoms. The van der Waals surface area contributed by atoms with E-state index in [1.807, 2.05) is 12.1 Å². The Labute approximate surface area is 123 Å². The average Bonchev–Trinajstić information content (AvgIpc) is 2.36. The monoisotopic (exact) mass is 277 g/mol. The molecule has 1 aromatic rings. The van der Waals surface area contributed by atoms with Crippen molar-refractivity contribution in [2.24, 2.45) is 17.8 Å². The Morgan fingerprint density at radius 3 is 2.05 bits per heavy atom. The molecule has 1 aliphatic carbocycles. The molecule has 0 aliphatic heterocycles. The third kappa shape index (κ3) is 4.05. The Balaban J connectivity index is 2.07. The lowest BCUT2D eigenvalue weighted by molar-refractivity contribution is 0.212. The van der Waals surface area contributed by atoms with E-state index in [9.17, 15) is 4.39 Å². The van der Waals surface area contributed by atoms with Gasteiger partial charge in [-0.3, -0.25) is 0 Å². The summed E-state index contributed by atoms with van der Waals surface area (Å²) < 4.78 is 13.1. The molecule has 1 N–H and O–H groups in total. The maximum Gasteiger partial charge on any atom is 0.123 e. The van der Waals surface area contributed by atoms with Crippen LogP contribution in [-0.4, -0.2) is 6.04 Å². The van der Waals surface area contributed by atoms with Crippen molar-refractivity contribution in [3.8, 4) is 0 Å². The summed E-state index contributed by atoms with van der Waals surface area (Å²) in [7, 11) is 0. The zero-order valence-corrected chi connectivity index (χ0v) is 13.2. The molecule has 112 valence electrons. The lowest BCUT2D eigenvalue weighted by Gasteiger charge is -2.36. The second kappa shape index (κ2) is 6.71. The van der Waals surface area contributed by atoms with Gasteiger partial charge in [-0.25, -0.2) is 4.39 Å². The van der Waals surface area contributed by atoms with Crippen LogP contribution in [0.5, 0.6) is 0 Å². The van der Waals surface area contributed by atoms with Crippen LogP contribution in [0.4, 0.5) is 4.39 Å². The van der Waals surface area contributed by atoms with Gasteiger partial charge >= 0.3 is 0 Å². The normalized spacial score (nSPS) is 28.6. The molecule has 0 aromatic heterocycles. The Morgan fingerprint density at radius 1 is 1.00 bits per heavy atom. The van der Waals surface area contributed by atoms with E-state index >= 15 is 0 Å². The van der Waals surface area contributed by atoms with Crippen molar-refractivity contribution >= 4 is 0 Å². The summed E-state index contributed by atoms with van der Waals surface area (Å²) in [5.41, 5.74) is 1.20. The second-order valence-corrected chi connectivity index (χ2v) is 7.05. The van der Waals surface area contributed by atoms with Crippen molar-refractivity contribution in [1.29, 1.82) is 0 Å². The van der Waals surface area contributed by atoms with Crippen molar-refractivity contribution in [2.75, 3.05) is 0 Å². The largest absolute Gasteiger partial charge is 0.307 e. The molecule has 1 saturated carbocycles. The minimum absolute atomic E-state index is 0.156. The highest BCUT2D eigenvalue weighted by atomic mass is 19.1.